The second kappa shape index (κ2) is 4.92. The number of rotatable bonds is 3. The van der Waals surface area contributed by atoms with Crippen molar-refractivity contribution in [2.24, 2.45) is 0 Å². The van der Waals surface area contributed by atoms with Gasteiger partial charge >= 0.3 is 0 Å². The lowest BCUT2D eigenvalue weighted by atomic mass is 10.0. The lowest BCUT2D eigenvalue weighted by Crippen LogP contribution is -2.01. The van der Waals surface area contributed by atoms with Gasteiger partial charge in [-0.25, -0.2) is 0 Å². The van der Waals surface area contributed by atoms with Crippen LogP contribution >= 0.6 is 0 Å². The summed E-state index contributed by atoms with van der Waals surface area (Å²) in [5.74, 6) is 0.240. The minimum absolute atomic E-state index is 0.0262. The van der Waals surface area contributed by atoms with Gasteiger partial charge in [0, 0.05) is 11.1 Å². The lowest BCUT2D eigenvalue weighted by Gasteiger charge is -2.06. The number of ketones is 1. The first-order chi connectivity index (χ1) is 8.61. The Bertz CT molecular complexity index is 588. The van der Waals surface area contributed by atoms with Crippen LogP contribution in [0.4, 0.5) is 0 Å². The van der Waals surface area contributed by atoms with E-state index in [9.17, 15) is 9.90 Å². The largest absolute Gasteiger partial charge is 0.504 e. The summed E-state index contributed by atoms with van der Waals surface area (Å²) in [5, 5.41) is 9.50. The van der Waals surface area contributed by atoms with Gasteiger partial charge in [0.15, 0.2) is 17.3 Å². The molecule has 2 rings (SSSR count). The van der Waals surface area contributed by atoms with E-state index in [1.54, 1.807) is 18.2 Å². The first-order valence-corrected chi connectivity index (χ1v) is 5.60. The van der Waals surface area contributed by atoms with Gasteiger partial charge in [0.05, 0.1) is 7.11 Å². The highest BCUT2D eigenvalue weighted by atomic mass is 16.5. The van der Waals surface area contributed by atoms with Crippen LogP contribution in [0.3, 0.4) is 0 Å². The Balaban J connectivity index is 2.40. The monoisotopic (exact) mass is 242 g/mol. The molecule has 0 aromatic heterocycles. The molecular weight excluding hydrogens is 228 g/mol. The maximum Gasteiger partial charge on any atom is 0.193 e. The molecule has 3 heteroatoms. The zero-order chi connectivity index (χ0) is 13.1. The predicted molar refractivity (Wildman–Crippen MR) is 69.3 cm³/mol. The molecule has 0 atom stereocenters. The van der Waals surface area contributed by atoms with Crippen LogP contribution in [-0.4, -0.2) is 18.0 Å². The average Bonchev–Trinajstić information content (AvgIpc) is 2.38. The molecule has 0 heterocycles. The molecule has 0 aliphatic carbocycles. The van der Waals surface area contributed by atoms with Crippen molar-refractivity contribution in [1.29, 1.82) is 0 Å². The number of ether oxygens (including phenoxy) is 1. The molecule has 92 valence electrons. The molecule has 0 aliphatic heterocycles. The Morgan fingerprint density at radius 1 is 1.11 bits per heavy atom. The van der Waals surface area contributed by atoms with Crippen LogP contribution in [0.5, 0.6) is 11.5 Å². The number of carbonyl (C=O) groups is 1. The smallest absolute Gasteiger partial charge is 0.193 e. The summed E-state index contributed by atoms with van der Waals surface area (Å²) in [5.41, 5.74) is 2.16. The second-order valence-electron chi connectivity index (χ2n) is 4.09. The molecule has 0 fully saturated rings. The Morgan fingerprint density at radius 2 is 1.83 bits per heavy atom. The third-order valence-corrected chi connectivity index (χ3v) is 2.72. The maximum atomic E-state index is 12.2. The fourth-order valence-corrected chi connectivity index (χ4v) is 1.77. The molecule has 1 N–H and O–H groups in total. The van der Waals surface area contributed by atoms with Gasteiger partial charge in [0.2, 0.25) is 0 Å². The Morgan fingerprint density at radius 3 is 2.50 bits per heavy atom. The highest BCUT2D eigenvalue weighted by molar-refractivity contribution is 6.09. The van der Waals surface area contributed by atoms with E-state index < -0.39 is 0 Å². The quantitative estimate of drug-likeness (QED) is 0.842. The van der Waals surface area contributed by atoms with Gasteiger partial charge in [-0.1, -0.05) is 23.8 Å². The molecule has 0 radical (unpaired) electrons. The molecule has 0 spiro atoms. The van der Waals surface area contributed by atoms with Gasteiger partial charge in [-0.05, 0) is 31.2 Å². The van der Waals surface area contributed by atoms with Gasteiger partial charge in [-0.2, -0.15) is 0 Å². The van der Waals surface area contributed by atoms with E-state index in [1.807, 2.05) is 25.1 Å². The average molecular weight is 242 g/mol. The highest BCUT2D eigenvalue weighted by Gasteiger charge is 2.11. The zero-order valence-electron chi connectivity index (χ0n) is 10.3. The fourth-order valence-electron chi connectivity index (χ4n) is 1.77. The molecule has 0 amide bonds. The van der Waals surface area contributed by atoms with Crippen LogP contribution in [0.15, 0.2) is 42.5 Å². The SMILES string of the molecule is COc1cc(C(=O)c2cccc(C)c2)ccc1O. The zero-order valence-corrected chi connectivity index (χ0v) is 10.3. The predicted octanol–water partition coefficient (Wildman–Crippen LogP) is 2.94. The van der Waals surface area contributed by atoms with Crippen LogP contribution in [0, 0.1) is 6.92 Å². The van der Waals surface area contributed by atoms with E-state index >= 15 is 0 Å². The number of benzene rings is 2. The highest BCUT2D eigenvalue weighted by Crippen LogP contribution is 2.27. The van der Waals surface area contributed by atoms with Crippen molar-refractivity contribution in [2.45, 2.75) is 6.92 Å². The summed E-state index contributed by atoms with van der Waals surface area (Å²) in [6, 6.07) is 12.0. The number of phenolic OH excluding ortho intramolecular Hbond substituents is 1. The van der Waals surface area contributed by atoms with E-state index in [-0.39, 0.29) is 11.5 Å². The minimum atomic E-state index is -0.0861. The fraction of sp³-hybridized carbons (Fsp3) is 0.133. The van der Waals surface area contributed by atoms with Crippen LogP contribution in [-0.2, 0) is 0 Å². The lowest BCUT2D eigenvalue weighted by molar-refractivity contribution is 0.103. The minimum Gasteiger partial charge on any atom is -0.504 e. The Kier molecular flexibility index (Phi) is 3.33. The van der Waals surface area contributed by atoms with Crippen molar-refractivity contribution in [2.75, 3.05) is 7.11 Å². The van der Waals surface area contributed by atoms with Crippen LogP contribution in [0.25, 0.3) is 0 Å². The van der Waals surface area contributed by atoms with E-state index in [1.165, 1.54) is 13.2 Å². The molecular formula is C15H14O3. The van der Waals surface area contributed by atoms with Gasteiger partial charge < -0.3 is 9.84 Å². The molecule has 18 heavy (non-hydrogen) atoms. The van der Waals surface area contributed by atoms with Crippen molar-refractivity contribution in [3.63, 3.8) is 0 Å². The van der Waals surface area contributed by atoms with Crippen molar-refractivity contribution < 1.29 is 14.6 Å². The van der Waals surface area contributed by atoms with Crippen molar-refractivity contribution in [1.82, 2.24) is 0 Å². The number of carbonyl (C=O) groups excluding carboxylic acids is 1. The molecule has 2 aromatic carbocycles. The first-order valence-electron chi connectivity index (χ1n) is 5.60. The number of aromatic hydroxyl groups is 1. The van der Waals surface area contributed by atoms with E-state index in [2.05, 4.69) is 0 Å². The van der Waals surface area contributed by atoms with Gasteiger partial charge in [0.25, 0.3) is 0 Å². The topological polar surface area (TPSA) is 46.5 Å². The summed E-state index contributed by atoms with van der Waals surface area (Å²) in [6.07, 6.45) is 0. The second-order valence-corrected chi connectivity index (χ2v) is 4.09. The van der Waals surface area contributed by atoms with Gasteiger partial charge in [-0.3, -0.25) is 4.79 Å². The Labute approximate surface area is 106 Å². The van der Waals surface area contributed by atoms with Crippen LogP contribution in [0.2, 0.25) is 0 Å². The number of hydrogen-bond donors (Lipinski definition) is 1. The molecule has 0 saturated heterocycles. The van der Waals surface area contributed by atoms with Crippen molar-refractivity contribution in [3.8, 4) is 11.5 Å². The summed E-state index contributed by atoms with van der Waals surface area (Å²) in [4.78, 5) is 12.2. The summed E-state index contributed by atoms with van der Waals surface area (Å²) >= 11 is 0. The normalized spacial score (nSPS) is 10.1. The third-order valence-electron chi connectivity index (χ3n) is 2.72. The third kappa shape index (κ3) is 2.35. The van der Waals surface area contributed by atoms with E-state index in [0.29, 0.717) is 16.9 Å². The summed E-state index contributed by atoms with van der Waals surface area (Å²) in [6.45, 7) is 1.94. The maximum absolute atomic E-state index is 12.2. The van der Waals surface area contributed by atoms with Crippen molar-refractivity contribution in [3.05, 3.63) is 59.2 Å². The molecule has 3 nitrogen and oxygen atoms in total. The first kappa shape index (κ1) is 12.2. The standard InChI is InChI=1S/C15H14O3/c1-10-4-3-5-11(8-10)15(17)12-6-7-13(16)14(9-12)18-2/h3-9,16H,1-2H3. The summed E-state index contributed by atoms with van der Waals surface area (Å²) in [7, 11) is 1.45. The van der Waals surface area contributed by atoms with Crippen LogP contribution < -0.4 is 4.74 Å². The Hall–Kier alpha value is -2.29. The van der Waals surface area contributed by atoms with Gasteiger partial charge in [0.1, 0.15) is 0 Å². The molecule has 0 saturated carbocycles. The summed E-state index contributed by atoms with van der Waals surface area (Å²) < 4.78 is 4.99. The van der Waals surface area contributed by atoms with E-state index in [4.69, 9.17) is 4.74 Å². The number of methoxy groups -OCH3 is 1. The molecule has 0 aliphatic rings. The number of phenols is 1. The number of hydrogen-bond acceptors (Lipinski definition) is 3. The number of aryl methyl sites for hydroxylation is 1. The van der Waals surface area contributed by atoms with E-state index in [0.717, 1.165) is 5.56 Å². The molecule has 2 aromatic rings. The molecule has 0 bridgehead atoms. The van der Waals surface area contributed by atoms with Gasteiger partial charge in [-0.15, -0.1) is 0 Å². The molecule has 0 unspecified atom stereocenters. The van der Waals surface area contributed by atoms with Crippen LogP contribution in [0.1, 0.15) is 21.5 Å². The van der Waals surface area contributed by atoms with Crippen molar-refractivity contribution >= 4 is 5.78 Å².